The van der Waals surface area contributed by atoms with Crippen molar-refractivity contribution in [3.63, 3.8) is 0 Å². The Kier molecular flexibility index (Phi) is 8.05. The van der Waals surface area contributed by atoms with Gasteiger partial charge in [0.15, 0.2) is 0 Å². The summed E-state index contributed by atoms with van der Waals surface area (Å²) in [4.78, 5) is 16.4. The van der Waals surface area contributed by atoms with Crippen molar-refractivity contribution in [2.45, 2.75) is 38.0 Å². The molecule has 0 aromatic heterocycles. The van der Waals surface area contributed by atoms with Crippen molar-refractivity contribution in [2.24, 2.45) is 4.99 Å². The number of alkyl halides is 3. The van der Waals surface area contributed by atoms with Crippen LogP contribution in [0.3, 0.4) is 0 Å². The Hall–Kier alpha value is -3.05. The summed E-state index contributed by atoms with van der Waals surface area (Å²) in [7, 11) is -0.148. The number of esters is 1. The molecule has 0 saturated heterocycles. The molecule has 0 aliphatic rings. The van der Waals surface area contributed by atoms with E-state index in [0.29, 0.717) is 11.8 Å². The highest BCUT2D eigenvalue weighted by Gasteiger charge is 2.46. The van der Waals surface area contributed by atoms with Gasteiger partial charge in [0.1, 0.15) is 11.5 Å². The minimum Gasteiger partial charge on any atom is -0.497 e. The topological polar surface area (TPSA) is 47.9 Å². The van der Waals surface area contributed by atoms with Gasteiger partial charge in [0.05, 0.1) is 26.4 Å². The third kappa shape index (κ3) is 7.94. The number of methoxy groups -OCH3 is 1. The Morgan fingerprint density at radius 2 is 1.68 bits per heavy atom. The highest BCUT2D eigenvalue weighted by molar-refractivity contribution is 6.76. The Balaban J connectivity index is 2.46. The van der Waals surface area contributed by atoms with Gasteiger partial charge in [-0.05, 0) is 42.3 Å². The first-order valence-corrected chi connectivity index (χ1v) is 13.2. The van der Waals surface area contributed by atoms with Gasteiger partial charge in [-0.2, -0.15) is 13.2 Å². The third-order valence-corrected chi connectivity index (χ3v) is 5.17. The first-order valence-electron chi connectivity index (χ1n) is 9.54. The fourth-order valence-corrected chi connectivity index (χ4v) is 2.99. The molecule has 4 nitrogen and oxygen atoms in total. The summed E-state index contributed by atoms with van der Waals surface area (Å²) in [5, 5.41) is 0. The van der Waals surface area contributed by atoms with E-state index >= 15 is 0 Å². The SMILES string of the molecule is COc1ccc(N=C(C#CC[Si](C)(C)C)C(OC(=O)c2ccccc2)C(F)(F)F)cc1. The highest BCUT2D eigenvalue weighted by atomic mass is 28.3. The quantitative estimate of drug-likeness (QED) is 0.240. The van der Waals surface area contributed by atoms with Crippen LogP contribution in [0.5, 0.6) is 5.75 Å². The molecule has 31 heavy (non-hydrogen) atoms. The number of benzene rings is 2. The van der Waals surface area contributed by atoms with Gasteiger partial charge in [0.25, 0.3) is 0 Å². The van der Waals surface area contributed by atoms with Crippen molar-refractivity contribution < 1.29 is 27.4 Å². The van der Waals surface area contributed by atoms with Crippen molar-refractivity contribution in [1.29, 1.82) is 0 Å². The molecule has 0 fully saturated rings. The number of ether oxygens (including phenoxy) is 2. The fraction of sp³-hybridized carbons (Fsp3) is 0.304. The van der Waals surface area contributed by atoms with Gasteiger partial charge in [-0.15, -0.1) is 0 Å². The largest absolute Gasteiger partial charge is 0.497 e. The Bertz CT molecular complexity index is 970. The summed E-state index contributed by atoms with van der Waals surface area (Å²) in [5.41, 5.74) is -0.320. The van der Waals surface area contributed by atoms with Crippen LogP contribution in [0.4, 0.5) is 18.9 Å². The molecule has 8 heteroatoms. The lowest BCUT2D eigenvalue weighted by Crippen LogP contribution is -2.40. The molecule has 0 saturated carbocycles. The van der Waals surface area contributed by atoms with E-state index in [-0.39, 0.29) is 11.3 Å². The third-order valence-electron chi connectivity index (χ3n) is 3.94. The molecule has 0 N–H and O–H groups in total. The van der Waals surface area contributed by atoms with E-state index < -0.39 is 32.0 Å². The van der Waals surface area contributed by atoms with Crippen LogP contribution in [0, 0.1) is 11.8 Å². The van der Waals surface area contributed by atoms with Crippen molar-refractivity contribution in [3.05, 3.63) is 60.2 Å². The molecule has 0 aliphatic heterocycles. The number of aliphatic imine (C=N–C) groups is 1. The molecular weight excluding hydrogens is 423 g/mol. The van der Waals surface area contributed by atoms with Crippen LogP contribution in [-0.2, 0) is 4.74 Å². The van der Waals surface area contributed by atoms with Crippen molar-refractivity contribution in [1.82, 2.24) is 0 Å². The summed E-state index contributed by atoms with van der Waals surface area (Å²) in [6.45, 7) is 6.16. The first kappa shape index (κ1) is 24.2. The minimum atomic E-state index is -4.89. The molecule has 0 amide bonds. The van der Waals surface area contributed by atoms with E-state index in [1.165, 1.54) is 31.4 Å². The maximum absolute atomic E-state index is 13.9. The van der Waals surface area contributed by atoms with E-state index in [9.17, 15) is 18.0 Å². The molecule has 0 spiro atoms. The Morgan fingerprint density at radius 3 is 2.19 bits per heavy atom. The van der Waals surface area contributed by atoms with Gasteiger partial charge >= 0.3 is 12.1 Å². The average molecular weight is 448 g/mol. The van der Waals surface area contributed by atoms with Crippen LogP contribution in [0.15, 0.2) is 59.6 Å². The molecule has 1 unspecified atom stereocenters. The van der Waals surface area contributed by atoms with E-state index in [1.54, 1.807) is 30.3 Å². The van der Waals surface area contributed by atoms with Crippen molar-refractivity contribution >= 4 is 25.4 Å². The predicted molar refractivity (Wildman–Crippen MR) is 118 cm³/mol. The van der Waals surface area contributed by atoms with Crippen molar-refractivity contribution in [2.75, 3.05) is 7.11 Å². The second-order valence-corrected chi connectivity index (χ2v) is 13.4. The van der Waals surface area contributed by atoms with Gasteiger partial charge in [-0.1, -0.05) is 43.8 Å². The molecule has 2 aromatic carbocycles. The maximum Gasteiger partial charge on any atom is 0.432 e. The summed E-state index contributed by atoms with van der Waals surface area (Å²) < 4.78 is 51.6. The summed E-state index contributed by atoms with van der Waals surface area (Å²) in [6.07, 6.45) is -7.47. The summed E-state index contributed by atoms with van der Waals surface area (Å²) in [6, 6.07) is 14.1. The molecule has 2 aromatic rings. The molecule has 0 heterocycles. The average Bonchev–Trinajstić information content (AvgIpc) is 2.70. The number of hydrogen-bond donors (Lipinski definition) is 0. The smallest absolute Gasteiger partial charge is 0.432 e. The van der Waals surface area contributed by atoms with Gasteiger partial charge < -0.3 is 9.47 Å². The van der Waals surface area contributed by atoms with Crippen LogP contribution in [0.1, 0.15) is 10.4 Å². The van der Waals surface area contributed by atoms with Crippen LogP contribution in [0.2, 0.25) is 25.7 Å². The molecule has 0 bridgehead atoms. The molecule has 0 radical (unpaired) electrons. The van der Waals surface area contributed by atoms with Crippen LogP contribution in [-0.4, -0.2) is 39.1 Å². The highest BCUT2D eigenvalue weighted by Crippen LogP contribution is 2.27. The van der Waals surface area contributed by atoms with E-state index in [1.807, 2.05) is 0 Å². The number of rotatable bonds is 6. The second kappa shape index (κ2) is 10.3. The van der Waals surface area contributed by atoms with E-state index in [2.05, 4.69) is 36.5 Å². The van der Waals surface area contributed by atoms with Crippen molar-refractivity contribution in [3.8, 4) is 17.6 Å². The standard InChI is InChI=1S/C23H24F3NO3Si/c1-29-19-14-12-18(13-15-19)27-20(11-8-16-31(2,3)4)21(23(24,25)26)30-22(28)17-9-6-5-7-10-17/h5-7,9-10,12-15,21H,16H2,1-4H3. The zero-order valence-corrected chi connectivity index (χ0v) is 18.8. The number of carbonyl (C=O) groups is 1. The maximum atomic E-state index is 13.9. The molecule has 2 rings (SSSR count). The lowest BCUT2D eigenvalue weighted by atomic mass is 10.2. The zero-order chi connectivity index (χ0) is 23.1. The number of hydrogen-bond acceptors (Lipinski definition) is 4. The van der Waals surface area contributed by atoms with Crippen LogP contribution < -0.4 is 4.74 Å². The normalized spacial score (nSPS) is 13.1. The Labute approximate surface area is 181 Å². The van der Waals surface area contributed by atoms with E-state index in [0.717, 1.165) is 0 Å². The first-order chi connectivity index (χ1) is 14.5. The number of carbonyl (C=O) groups excluding carboxylic acids is 1. The summed E-state index contributed by atoms with van der Waals surface area (Å²) >= 11 is 0. The number of halogens is 3. The summed E-state index contributed by atoms with van der Waals surface area (Å²) in [5.74, 6) is 4.76. The van der Waals surface area contributed by atoms with Gasteiger partial charge in [0, 0.05) is 6.04 Å². The monoisotopic (exact) mass is 447 g/mol. The molecule has 164 valence electrons. The molecular formula is C23H24F3NO3Si. The number of nitrogens with zero attached hydrogens (tertiary/aromatic N) is 1. The lowest BCUT2D eigenvalue weighted by molar-refractivity contribution is -0.182. The predicted octanol–water partition coefficient (Wildman–Crippen LogP) is 5.90. The Morgan fingerprint density at radius 1 is 1.06 bits per heavy atom. The second-order valence-electron chi connectivity index (χ2n) is 7.93. The van der Waals surface area contributed by atoms with Gasteiger partial charge in [-0.3, -0.25) is 0 Å². The van der Waals surface area contributed by atoms with Crippen LogP contribution >= 0.6 is 0 Å². The molecule has 1 atom stereocenters. The van der Waals surface area contributed by atoms with Crippen LogP contribution in [0.25, 0.3) is 0 Å². The lowest BCUT2D eigenvalue weighted by Gasteiger charge is -2.20. The zero-order valence-electron chi connectivity index (χ0n) is 17.8. The molecule has 0 aliphatic carbocycles. The minimum absolute atomic E-state index is 0.00982. The van der Waals surface area contributed by atoms with Gasteiger partial charge in [0.2, 0.25) is 6.10 Å². The fourth-order valence-electron chi connectivity index (χ4n) is 2.37. The van der Waals surface area contributed by atoms with E-state index in [4.69, 9.17) is 9.47 Å². The van der Waals surface area contributed by atoms with Gasteiger partial charge in [-0.25, -0.2) is 9.79 Å².